The van der Waals surface area contributed by atoms with Gasteiger partial charge in [-0.1, -0.05) is 19.1 Å². The standard InChI is InChI=1S/C13H19N5O2S/c1-3-11-5-4-10(7-14)6-12(11)21(19,20)16-8-13-15-9-18(2)17-13/h4-6,9,16H,3,7-8,14H2,1-2H3. The van der Waals surface area contributed by atoms with E-state index in [-0.39, 0.29) is 11.4 Å². The van der Waals surface area contributed by atoms with Crippen LogP contribution in [0.15, 0.2) is 29.4 Å². The zero-order valence-electron chi connectivity index (χ0n) is 12.1. The fourth-order valence-corrected chi connectivity index (χ4v) is 3.31. The van der Waals surface area contributed by atoms with Crippen molar-refractivity contribution in [3.63, 3.8) is 0 Å². The monoisotopic (exact) mass is 309 g/mol. The van der Waals surface area contributed by atoms with Gasteiger partial charge in [-0.15, -0.1) is 0 Å². The van der Waals surface area contributed by atoms with Crippen molar-refractivity contribution >= 4 is 10.0 Å². The molecule has 3 N–H and O–H groups in total. The second kappa shape index (κ2) is 6.33. The van der Waals surface area contributed by atoms with Crippen molar-refractivity contribution in [2.45, 2.75) is 31.3 Å². The van der Waals surface area contributed by atoms with Gasteiger partial charge in [0, 0.05) is 13.6 Å². The van der Waals surface area contributed by atoms with Gasteiger partial charge in [-0.3, -0.25) is 4.68 Å². The molecule has 1 aromatic carbocycles. The molecule has 0 aliphatic heterocycles. The van der Waals surface area contributed by atoms with Crippen molar-refractivity contribution in [3.8, 4) is 0 Å². The van der Waals surface area contributed by atoms with E-state index in [2.05, 4.69) is 14.8 Å². The molecule has 1 aromatic heterocycles. The highest BCUT2D eigenvalue weighted by atomic mass is 32.2. The van der Waals surface area contributed by atoms with Gasteiger partial charge >= 0.3 is 0 Å². The van der Waals surface area contributed by atoms with Gasteiger partial charge in [0.2, 0.25) is 10.0 Å². The Hall–Kier alpha value is -1.77. The first-order chi connectivity index (χ1) is 9.96. The number of nitrogens with zero attached hydrogens (tertiary/aromatic N) is 3. The van der Waals surface area contributed by atoms with Gasteiger partial charge in [0.15, 0.2) is 5.82 Å². The lowest BCUT2D eigenvalue weighted by Crippen LogP contribution is -2.25. The van der Waals surface area contributed by atoms with Crippen molar-refractivity contribution < 1.29 is 8.42 Å². The largest absolute Gasteiger partial charge is 0.326 e. The molecule has 0 unspecified atom stereocenters. The van der Waals surface area contributed by atoms with Gasteiger partial charge in [0.1, 0.15) is 6.33 Å². The summed E-state index contributed by atoms with van der Waals surface area (Å²) in [4.78, 5) is 4.26. The van der Waals surface area contributed by atoms with E-state index in [4.69, 9.17) is 5.73 Å². The van der Waals surface area contributed by atoms with Crippen LogP contribution in [-0.4, -0.2) is 23.2 Å². The third kappa shape index (κ3) is 3.66. The van der Waals surface area contributed by atoms with Crippen LogP contribution in [0.1, 0.15) is 23.9 Å². The summed E-state index contributed by atoms with van der Waals surface area (Å²) in [6.45, 7) is 2.27. The number of nitrogens with one attached hydrogen (secondary N) is 1. The van der Waals surface area contributed by atoms with E-state index in [9.17, 15) is 8.42 Å². The Morgan fingerprint density at radius 3 is 2.71 bits per heavy atom. The summed E-state index contributed by atoms with van der Waals surface area (Å²) in [5, 5.41) is 4.04. The molecule has 0 fully saturated rings. The fourth-order valence-electron chi connectivity index (χ4n) is 1.97. The number of hydrogen-bond acceptors (Lipinski definition) is 5. The first-order valence-electron chi connectivity index (χ1n) is 6.62. The molecular weight excluding hydrogens is 290 g/mol. The molecule has 7 nitrogen and oxygen atoms in total. The number of benzene rings is 1. The lowest BCUT2D eigenvalue weighted by molar-refractivity contribution is 0.577. The molecule has 0 spiro atoms. The SMILES string of the molecule is CCc1ccc(CN)cc1S(=O)(=O)NCc1ncn(C)n1. The zero-order valence-corrected chi connectivity index (χ0v) is 12.9. The van der Waals surface area contributed by atoms with Crippen LogP contribution in [0.4, 0.5) is 0 Å². The summed E-state index contributed by atoms with van der Waals surface area (Å²) in [5.74, 6) is 0.425. The Morgan fingerprint density at radius 1 is 1.38 bits per heavy atom. The Bertz CT molecular complexity index is 724. The lowest BCUT2D eigenvalue weighted by Gasteiger charge is -2.11. The number of sulfonamides is 1. The maximum atomic E-state index is 12.4. The highest BCUT2D eigenvalue weighted by Gasteiger charge is 2.18. The van der Waals surface area contributed by atoms with Crippen molar-refractivity contribution in [2.24, 2.45) is 12.8 Å². The quantitative estimate of drug-likeness (QED) is 0.799. The molecule has 2 rings (SSSR count). The predicted octanol–water partition coefficient (Wildman–Crippen LogP) is 0.315. The number of aryl methyl sites for hydroxylation is 2. The molecule has 1 heterocycles. The van der Waals surface area contributed by atoms with Crippen molar-refractivity contribution in [2.75, 3.05) is 0 Å². The number of aromatic nitrogens is 3. The van der Waals surface area contributed by atoms with Crippen LogP contribution < -0.4 is 10.5 Å². The molecule has 21 heavy (non-hydrogen) atoms. The van der Waals surface area contributed by atoms with E-state index >= 15 is 0 Å². The summed E-state index contributed by atoms with van der Waals surface area (Å²) in [6.07, 6.45) is 2.15. The fraction of sp³-hybridized carbons (Fsp3) is 0.385. The Labute approximate surface area is 124 Å². The van der Waals surface area contributed by atoms with Crippen molar-refractivity contribution in [1.82, 2.24) is 19.5 Å². The minimum absolute atomic E-state index is 0.0547. The van der Waals surface area contributed by atoms with Crippen LogP contribution in [0.2, 0.25) is 0 Å². The van der Waals surface area contributed by atoms with Crippen molar-refractivity contribution in [3.05, 3.63) is 41.5 Å². The van der Waals surface area contributed by atoms with Gasteiger partial charge < -0.3 is 5.73 Å². The summed E-state index contributed by atoms with van der Waals surface area (Å²) in [7, 11) is -1.89. The van der Waals surface area contributed by atoms with Crippen LogP contribution >= 0.6 is 0 Å². The summed E-state index contributed by atoms with van der Waals surface area (Å²) in [6, 6.07) is 5.26. The van der Waals surface area contributed by atoms with Crippen LogP contribution in [0.3, 0.4) is 0 Å². The molecule has 0 amide bonds. The van der Waals surface area contributed by atoms with Gasteiger partial charge in [0.25, 0.3) is 0 Å². The van der Waals surface area contributed by atoms with Gasteiger partial charge in [-0.2, -0.15) is 5.10 Å². The van der Waals surface area contributed by atoms with Gasteiger partial charge in [-0.25, -0.2) is 18.1 Å². The summed E-state index contributed by atoms with van der Waals surface area (Å²) < 4.78 is 28.9. The zero-order chi connectivity index (χ0) is 15.5. The van der Waals surface area contributed by atoms with E-state index in [1.807, 2.05) is 13.0 Å². The third-order valence-electron chi connectivity index (χ3n) is 3.11. The Balaban J connectivity index is 2.26. The predicted molar refractivity (Wildman–Crippen MR) is 78.7 cm³/mol. The van der Waals surface area contributed by atoms with Crippen molar-refractivity contribution in [1.29, 1.82) is 0 Å². The molecule has 0 aliphatic carbocycles. The first kappa shape index (κ1) is 15.6. The molecule has 0 bridgehead atoms. The summed E-state index contributed by atoms with van der Waals surface area (Å²) in [5.41, 5.74) is 7.12. The number of rotatable bonds is 6. The topological polar surface area (TPSA) is 103 Å². The average Bonchev–Trinajstić information content (AvgIpc) is 2.90. The highest BCUT2D eigenvalue weighted by molar-refractivity contribution is 7.89. The molecule has 8 heteroatoms. The Kier molecular flexibility index (Phi) is 4.71. The summed E-state index contributed by atoms with van der Waals surface area (Å²) >= 11 is 0. The first-order valence-corrected chi connectivity index (χ1v) is 8.10. The van der Waals surface area contributed by atoms with E-state index in [0.717, 1.165) is 11.1 Å². The lowest BCUT2D eigenvalue weighted by atomic mass is 10.1. The van der Waals surface area contributed by atoms with E-state index in [1.54, 1.807) is 19.2 Å². The molecule has 0 aliphatic rings. The van der Waals surface area contributed by atoms with Gasteiger partial charge in [-0.05, 0) is 23.6 Å². The third-order valence-corrected chi connectivity index (χ3v) is 4.59. The maximum Gasteiger partial charge on any atom is 0.241 e. The van der Waals surface area contributed by atoms with Crippen LogP contribution in [0.5, 0.6) is 0 Å². The molecule has 114 valence electrons. The second-order valence-corrected chi connectivity index (χ2v) is 6.39. The molecular formula is C13H19N5O2S. The van der Waals surface area contributed by atoms with E-state index < -0.39 is 10.0 Å². The average molecular weight is 309 g/mol. The van der Waals surface area contributed by atoms with E-state index in [0.29, 0.717) is 18.8 Å². The van der Waals surface area contributed by atoms with Crippen LogP contribution in [-0.2, 0) is 36.6 Å². The maximum absolute atomic E-state index is 12.4. The molecule has 2 aromatic rings. The van der Waals surface area contributed by atoms with Crippen LogP contribution in [0, 0.1) is 0 Å². The minimum Gasteiger partial charge on any atom is -0.326 e. The Morgan fingerprint density at radius 2 is 2.14 bits per heavy atom. The van der Waals surface area contributed by atoms with E-state index in [1.165, 1.54) is 11.0 Å². The van der Waals surface area contributed by atoms with Gasteiger partial charge in [0.05, 0.1) is 11.4 Å². The molecule has 0 saturated carbocycles. The number of nitrogens with two attached hydrogens (primary N) is 1. The normalized spacial score (nSPS) is 11.8. The second-order valence-electron chi connectivity index (χ2n) is 4.66. The number of hydrogen-bond donors (Lipinski definition) is 2. The van der Waals surface area contributed by atoms with Crippen LogP contribution in [0.25, 0.3) is 0 Å². The smallest absolute Gasteiger partial charge is 0.241 e. The highest BCUT2D eigenvalue weighted by Crippen LogP contribution is 2.18. The molecule has 0 radical (unpaired) electrons. The molecule has 0 atom stereocenters. The molecule has 0 saturated heterocycles. The minimum atomic E-state index is -3.62.